The molecule has 15 heteroatoms. The van der Waals surface area contributed by atoms with Crippen LogP contribution in [0.1, 0.15) is 41.6 Å². The highest BCUT2D eigenvalue weighted by Crippen LogP contribution is 2.65. The van der Waals surface area contributed by atoms with E-state index in [1.807, 2.05) is 0 Å². The molecule has 3 N–H and O–H groups in total. The fraction of sp³-hybridized carbons (Fsp3) is 0.381. The van der Waals surface area contributed by atoms with Crippen molar-refractivity contribution in [2.24, 2.45) is 5.41 Å². The van der Waals surface area contributed by atoms with E-state index in [0.717, 1.165) is 18.3 Å². The van der Waals surface area contributed by atoms with Gasteiger partial charge in [0.05, 0.1) is 21.7 Å². The quantitative estimate of drug-likeness (QED) is 0.217. The Balaban J connectivity index is 1.55. The van der Waals surface area contributed by atoms with Crippen molar-refractivity contribution >= 4 is 34.8 Å². The third kappa shape index (κ3) is 4.76. The summed E-state index contributed by atoms with van der Waals surface area (Å²) in [7, 11) is 0. The molecule has 0 bridgehead atoms. The Morgan fingerprint density at radius 3 is 2.19 bits per heavy atom. The summed E-state index contributed by atoms with van der Waals surface area (Å²) in [4.78, 5) is 39.6. The number of carbonyl (C=O) groups excluding carboxylic acids is 2. The SMILES string of the molecule is O=C(NC1(C(=O)NNc2ccc([N+](=O)[O-])cc2)CC2(CC(F)(F)C2)C1)c1c(C(F)(F)F)ccnc1Cl. The van der Waals surface area contributed by atoms with Gasteiger partial charge in [-0.25, -0.2) is 13.8 Å². The van der Waals surface area contributed by atoms with E-state index in [4.69, 9.17) is 11.6 Å². The molecule has 192 valence electrons. The number of nitrogens with one attached hydrogen (secondary N) is 3. The minimum atomic E-state index is -4.96. The summed E-state index contributed by atoms with van der Waals surface area (Å²) in [5.74, 6) is -5.17. The number of pyridine rings is 1. The van der Waals surface area contributed by atoms with Crippen LogP contribution < -0.4 is 16.2 Å². The monoisotopic (exact) mass is 533 g/mol. The standard InChI is InChI=1S/C21H17ClF5N5O4/c22-15-14(13(5-6-28-15)21(25,26)27)16(33)29-19(7-18(8-19)9-20(23,24)10-18)17(34)31-30-11-1-3-12(4-2-11)32(35)36/h1-6,30H,7-10H2,(H,29,33)(H,31,34). The number of nitro groups is 1. The van der Waals surface area contributed by atoms with Crippen molar-refractivity contribution in [1.82, 2.24) is 15.7 Å². The van der Waals surface area contributed by atoms with E-state index < -0.39 is 68.9 Å². The number of hydrazine groups is 1. The maximum Gasteiger partial charge on any atom is 0.417 e. The molecule has 0 radical (unpaired) electrons. The van der Waals surface area contributed by atoms with Gasteiger partial charge in [0.15, 0.2) is 0 Å². The molecule has 2 aromatic rings. The maximum absolute atomic E-state index is 13.5. The molecule has 2 saturated carbocycles. The lowest BCUT2D eigenvalue weighted by Crippen LogP contribution is -2.73. The van der Waals surface area contributed by atoms with Crippen molar-refractivity contribution in [2.45, 2.75) is 43.3 Å². The number of non-ortho nitro benzene ring substituents is 1. The van der Waals surface area contributed by atoms with Crippen LogP contribution in [0.3, 0.4) is 0 Å². The zero-order valence-electron chi connectivity index (χ0n) is 18.1. The molecule has 0 atom stereocenters. The molecule has 2 aliphatic rings. The molecular weight excluding hydrogens is 517 g/mol. The van der Waals surface area contributed by atoms with Gasteiger partial charge in [0.25, 0.3) is 17.5 Å². The molecule has 1 aromatic heterocycles. The lowest BCUT2D eigenvalue weighted by molar-refractivity contribution is -0.384. The van der Waals surface area contributed by atoms with Crippen molar-refractivity contribution < 1.29 is 36.5 Å². The van der Waals surface area contributed by atoms with Gasteiger partial charge in [-0.15, -0.1) is 0 Å². The number of aromatic nitrogens is 1. The lowest BCUT2D eigenvalue weighted by atomic mass is 9.47. The van der Waals surface area contributed by atoms with Crippen molar-refractivity contribution in [3.63, 3.8) is 0 Å². The fourth-order valence-corrected chi connectivity index (χ4v) is 5.16. The van der Waals surface area contributed by atoms with Crippen LogP contribution in [0, 0.1) is 15.5 Å². The number of rotatable bonds is 6. The van der Waals surface area contributed by atoms with Crippen molar-refractivity contribution in [3.8, 4) is 0 Å². The van der Waals surface area contributed by atoms with Gasteiger partial charge < -0.3 is 5.32 Å². The van der Waals surface area contributed by atoms with E-state index >= 15 is 0 Å². The lowest BCUT2D eigenvalue weighted by Gasteiger charge is -2.61. The molecule has 2 aliphatic carbocycles. The number of nitro benzene ring substituents is 1. The first kappa shape index (κ1) is 25.5. The average Bonchev–Trinajstić information content (AvgIpc) is 2.74. The van der Waals surface area contributed by atoms with Crippen LogP contribution in [-0.4, -0.2) is 33.2 Å². The van der Waals surface area contributed by atoms with Crippen LogP contribution in [0.4, 0.5) is 33.3 Å². The second-order valence-corrected chi connectivity index (χ2v) is 9.36. The minimum absolute atomic E-state index is 0.212. The topological polar surface area (TPSA) is 126 Å². The van der Waals surface area contributed by atoms with Gasteiger partial charge >= 0.3 is 6.18 Å². The predicted octanol–water partition coefficient (Wildman–Crippen LogP) is 4.48. The van der Waals surface area contributed by atoms with Crippen LogP contribution in [0.5, 0.6) is 0 Å². The normalized spacial score (nSPS) is 18.9. The summed E-state index contributed by atoms with van der Waals surface area (Å²) >= 11 is 5.78. The van der Waals surface area contributed by atoms with E-state index in [0.29, 0.717) is 6.07 Å². The first-order valence-electron chi connectivity index (χ1n) is 10.4. The van der Waals surface area contributed by atoms with E-state index in [1.165, 1.54) is 12.1 Å². The van der Waals surface area contributed by atoms with Crippen LogP contribution in [0.2, 0.25) is 5.15 Å². The van der Waals surface area contributed by atoms with E-state index in [-0.39, 0.29) is 24.2 Å². The predicted molar refractivity (Wildman–Crippen MR) is 115 cm³/mol. The Morgan fingerprint density at radius 1 is 1.06 bits per heavy atom. The Kier molecular flexibility index (Phi) is 6.06. The number of halogens is 6. The van der Waals surface area contributed by atoms with Gasteiger partial charge in [-0.05, 0) is 36.5 Å². The first-order chi connectivity index (χ1) is 16.7. The molecule has 0 saturated heterocycles. The summed E-state index contributed by atoms with van der Waals surface area (Å²) in [5, 5.41) is 12.3. The summed E-state index contributed by atoms with van der Waals surface area (Å²) in [6, 6.07) is 5.43. The molecule has 36 heavy (non-hydrogen) atoms. The third-order valence-corrected chi connectivity index (χ3v) is 6.53. The zero-order chi connectivity index (χ0) is 26.5. The largest absolute Gasteiger partial charge is 0.417 e. The molecule has 2 amide bonds. The number of hydrogen-bond acceptors (Lipinski definition) is 6. The zero-order valence-corrected chi connectivity index (χ0v) is 18.8. The second-order valence-electron chi connectivity index (χ2n) is 9.00. The molecule has 2 fully saturated rings. The van der Waals surface area contributed by atoms with E-state index in [9.17, 15) is 41.7 Å². The Morgan fingerprint density at radius 2 is 1.67 bits per heavy atom. The molecule has 4 rings (SSSR count). The van der Waals surface area contributed by atoms with Gasteiger partial charge in [0.1, 0.15) is 10.7 Å². The number of hydrogen-bond donors (Lipinski definition) is 3. The van der Waals surface area contributed by atoms with Gasteiger partial charge in [0, 0.05) is 31.2 Å². The van der Waals surface area contributed by atoms with Crippen molar-refractivity contribution in [3.05, 3.63) is 62.9 Å². The van der Waals surface area contributed by atoms with Gasteiger partial charge in [-0.2, -0.15) is 13.2 Å². The fourth-order valence-electron chi connectivity index (χ4n) is 4.91. The third-order valence-electron chi connectivity index (χ3n) is 6.24. The minimum Gasteiger partial charge on any atom is -0.337 e. The van der Waals surface area contributed by atoms with Crippen molar-refractivity contribution in [1.29, 1.82) is 0 Å². The smallest absolute Gasteiger partial charge is 0.337 e. The Bertz CT molecular complexity index is 1220. The van der Waals surface area contributed by atoms with E-state index in [2.05, 4.69) is 21.2 Å². The number of anilines is 1. The molecule has 9 nitrogen and oxygen atoms in total. The molecule has 1 spiro atoms. The molecular formula is C21H17ClF5N5O4. The average molecular weight is 534 g/mol. The van der Waals surface area contributed by atoms with E-state index in [1.54, 1.807) is 0 Å². The van der Waals surface area contributed by atoms with Crippen molar-refractivity contribution in [2.75, 3.05) is 5.43 Å². The number of nitrogens with zero attached hydrogens (tertiary/aromatic N) is 2. The molecule has 0 unspecified atom stereocenters. The Hall–Kier alpha value is -3.55. The first-order valence-corrected chi connectivity index (χ1v) is 10.8. The van der Waals surface area contributed by atoms with Gasteiger partial charge in [-0.1, -0.05) is 11.6 Å². The number of benzene rings is 1. The summed E-state index contributed by atoms with van der Waals surface area (Å²) in [6.45, 7) is 0. The van der Waals surface area contributed by atoms with Crippen LogP contribution in [-0.2, 0) is 11.0 Å². The number of amides is 2. The molecule has 0 aliphatic heterocycles. The maximum atomic E-state index is 13.5. The van der Waals surface area contributed by atoms with Gasteiger partial charge in [0.2, 0.25) is 5.92 Å². The van der Waals surface area contributed by atoms with Crippen LogP contribution >= 0.6 is 11.6 Å². The summed E-state index contributed by atoms with van der Waals surface area (Å²) < 4.78 is 67.4. The molecule has 1 heterocycles. The highest BCUT2D eigenvalue weighted by Gasteiger charge is 2.69. The summed E-state index contributed by atoms with van der Waals surface area (Å²) in [6.07, 6.45) is -5.72. The summed E-state index contributed by atoms with van der Waals surface area (Å²) in [5.41, 5.74) is -0.366. The van der Waals surface area contributed by atoms with Crippen LogP contribution in [0.25, 0.3) is 0 Å². The Labute approximate surface area is 204 Å². The highest BCUT2D eigenvalue weighted by atomic mass is 35.5. The second kappa shape index (κ2) is 8.54. The van der Waals surface area contributed by atoms with Crippen LogP contribution in [0.15, 0.2) is 36.5 Å². The van der Waals surface area contributed by atoms with Gasteiger partial charge in [-0.3, -0.25) is 30.6 Å². The molecule has 1 aromatic carbocycles. The number of alkyl halides is 5. The number of carbonyl (C=O) groups is 2. The highest BCUT2D eigenvalue weighted by molar-refractivity contribution is 6.33.